The lowest BCUT2D eigenvalue weighted by atomic mass is 9.96. The van der Waals surface area contributed by atoms with Crippen molar-refractivity contribution in [1.29, 1.82) is 5.26 Å². The van der Waals surface area contributed by atoms with Gasteiger partial charge in [0.25, 0.3) is 0 Å². The number of hydrogen-bond acceptors (Lipinski definition) is 7. The van der Waals surface area contributed by atoms with Crippen LogP contribution in [0.1, 0.15) is 51.8 Å². The Labute approximate surface area is 234 Å². The van der Waals surface area contributed by atoms with E-state index in [0.29, 0.717) is 18.8 Å². The molecule has 1 atom stereocenters. The summed E-state index contributed by atoms with van der Waals surface area (Å²) in [5.41, 5.74) is 9.61. The van der Waals surface area contributed by atoms with Gasteiger partial charge in [-0.15, -0.1) is 0 Å². The Balaban J connectivity index is 1.30. The molecule has 6 rings (SSSR count). The van der Waals surface area contributed by atoms with E-state index < -0.39 is 0 Å². The molecular weight excluding hydrogens is 502 g/mol. The highest BCUT2D eigenvalue weighted by molar-refractivity contribution is 5.67. The van der Waals surface area contributed by atoms with Crippen molar-refractivity contribution < 1.29 is 14.6 Å². The first kappa shape index (κ1) is 26.1. The molecule has 2 aromatic heterocycles. The fraction of sp³-hybridized carbons (Fsp3) is 0.344. The number of fused-ring (bicyclic) bond motifs is 1. The third-order valence-electron chi connectivity index (χ3n) is 8.23. The minimum atomic E-state index is 0.170. The third-order valence-corrected chi connectivity index (χ3v) is 8.23. The lowest BCUT2D eigenvalue weighted by Crippen LogP contribution is -2.49. The molecule has 1 aliphatic carbocycles. The van der Waals surface area contributed by atoms with Crippen molar-refractivity contribution in [2.24, 2.45) is 0 Å². The Kier molecular flexibility index (Phi) is 7.49. The molecule has 3 heterocycles. The number of hydrogen-bond donors (Lipinski definition) is 2. The molecule has 1 aliphatic heterocycles. The molecular formula is C32H33N5O3. The highest BCUT2D eigenvalue weighted by atomic mass is 16.5. The van der Waals surface area contributed by atoms with E-state index in [0.717, 1.165) is 72.5 Å². The molecule has 4 aromatic rings. The second-order valence-corrected chi connectivity index (χ2v) is 10.6. The molecule has 2 N–H and O–H groups in total. The van der Waals surface area contributed by atoms with Gasteiger partial charge in [-0.25, -0.2) is 0 Å². The number of aromatic amines is 1. The van der Waals surface area contributed by atoms with Crippen molar-refractivity contribution >= 4 is 0 Å². The van der Waals surface area contributed by atoms with Gasteiger partial charge >= 0.3 is 0 Å². The zero-order valence-electron chi connectivity index (χ0n) is 22.7. The first-order valence-corrected chi connectivity index (χ1v) is 13.8. The molecule has 40 heavy (non-hydrogen) atoms. The van der Waals surface area contributed by atoms with Crippen molar-refractivity contribution in [3.05, 3.63) is 94.1 Å². The third kappa shape index (κ3) is 5.18. The Morgan fingerprint density at radius 1 is 1.10 bits per heavy atom. The van der Waals surface area contributed by atoms with Crippen LogP contribution in [0.3, 0.4) is 0 Å². The van der Waals surface area contributed by atoms with Gasteiger partial charge in [-0.2, -0.15) is 10.4 Å². The summed E-state index contributed by atoms with van der Waals surface area (Å²) in [5, 5.41) is 26.1. The van der Waals surface area contributed by atoms with Crippen molar-refractivity contribution in [2.75, 3.05) is 13.2 Å². The van der Waals surface area contributed by atoms with E-state index in [-0.39, 0.29) is 12.6 Å². The van der Waals surface area contributed by atoms with Gasteiger partial charge in [0.2, 0.25) is 0 Å². The van der Waals surface area contributed by atoms with Crippen LogP contribution in [0.5, 0.6) is 11.5 Å². The molecule has 0 amide bonds. The monoisotopic (exact) mass is 535 g/mol. The van der Waals surface area contributed by atoms with E-state index >= 15 is 0 Å². The predicted molar refractivity (Wildman–Crippen MR) is 151 cm³/mol. The summed E-state index contributed by atoms with van der Waals surface area (Å²) in [6.07, 6.45) is 11.1. The van der Waals surface area contributed by atoms with Gasteiger partial charge in [-0.05, 0) is 66.5 Å². The number of aliphatic hydroxyl groups is 1. The highest BCUT2D eigenvalue weighted by Gasteiger charge is 2.31. The van der Waals surface area contributed by atoms with Crippen molar-refractivity contribution in [1.82, 2.24) is 20.1 Å². The van der Waals surface area contributed by atoms with E-state index in [2.05, 4.69) is 51.3 Å². The maximum absolute atomic E-state index is 9.79. The molecule has 204 valence electrons. The summed E-state index contributed by atoms with van der Waals surface area (Å²) in [6.45, 7) is 4.77. The first-order valence-electron chi connectivity index (χ1n) is 13.8. The summed E-state index contributed by atoms with van der Waals surface area (Å²) >= 11 is 0. The van der Waals surface area contributed by atoms with Gasteiger partial charge in [-0.3, -0.25) is 15.0 Å². The van der Waals surface area contributed by atoms with E-state index in [1.807, 2.05) is 24.5 Å². The molecule has 8 heteroatoms. The molecule has 1 fully saturated rings. The standard InChI is InChI=1S/C32H33N5O3/c1-21-24(4-2-5-27(21)25-15-35-36-16-25)20-40-31-11-32(39-19-23-10-22(12-33)13-34-14-23)30(28-6-3-7-29(28)31)17-37-9-8-26(37)18-38/h2,4-5,10-11,13-16,26,38H,3,6-9,17-20H2,1H3,(H,35,36). The quantitative estimate of drug-likeness (QED) is 0.298. The molecule has 2 aromatic carbocycles. The van der Waals surface area contributed by atoms with E-state index in [1.165, 1.54) is 22.3 Å². The summed E-state index contributed by atoms with van der Waals surface area (Å²) in [5.74, 6) is 1.66. The number of likely N-dealkylation sites (tertiary alicyclic amines) is 1. The van der Waals surface area contributed by atoms with Crippen molar-refractivity contribution in [2.45, 2.75) is 58.4 Å². The van der Waals surface area contributed by atoms with Crippen LogP contribution in [0.25, 0.3) is 11.1 Å². The average Bonchev–Trinajstić information content (AvgIpc) is 3.68. The van der Waals surface area contributed by atoms with Crippen LogP contribution < -0.4 is 9.47 Å². The zero-order valence-corrected chi connectivity index (χ0v) is 22.7. The molecule has 2 aliphatic rings. The smallest absolute Gasteiger partial charge is 0.128 e. The lowest BCUT2D eigenvalue weighted by molar-refractivity contribution is 0.0346. The predicted octanol–water partition coefficient (Wildman–Crippen LogP) is 4.87. The summed E-state index contributed by atoms with van der Waals surface area (Å²) in [7, 11) is 0. The molecule has 1 unspecified atom stereocenters. The first-order chi connectivity index (χ1) is 19.6. The number of aromatic nitrogens is 3. The zero-order chi connectivity index (χ0) is 27.5. The van der Waals surface area contributed by atoms with E-state index in [1.54, 1.807) is 12.4 Å². The fourth-order valence-electron chi connectivity index (χ4n) is 5.83. The van der Waals surface area contributed by atoms with Crippen LogP contribution in [0.4, 0.5) is 0 Å². The number of nitriles is 1. The number of pyridine rings is 1. The Morgan fingerprint density at radius 3 is 2.75 bits per heavy atom. The van der Waals surface area contributed by atoms with Gasteiger partial charge in [0.1, 0.15) is 30.8 Å². The second kappa shape index (κ2) is 11.5. The van der Waals surface area contributed by atoms with Crippen LogP contribution in [0.15, 0.2) is 55.1 Å². The van der Waals surface area contributed by atoms with Gasteiger partial charge in [-0.1, -0.05) is 18.2 Å². The van der Waals surface area contributed by atoms with E-state index in [9.17, 15) is 10.4 Å². The SMILES string of the molecule is Cc1c(COc2cc(OCc3cncc(C#N)c3)c(CN3CCC3CO)c3c2CCC3)cccc1-c1cn[nH]c1. The maximum Gasteiger partial charge on any atom is 0.128 e. The summed E-state index contributed by atoms with van der Waals surface area (Å²) in [6, 6.07) is 12.5. The summed E-state index contributed by atoms with van der Waals surface area (Å²) in [4.78, 5) is 6.51. The number of nitrogens with one attached hydrogen (secondary N) is 1. The minimum absolute atomic E-state index is 0.170. The number of benzene rings is 2. The molecule has 0 radical (unpaired) electrons. The topological polar surface area (TPSA) is 107 Å². The Hall–Kier alpha value is -4.19. The van der Waals surface area contributed by atoms with E-state index in [4.69, 9.17) is 9.47 Å². The number of rotatable bonds is 10. The molecule has 0 saturated carbocycles. The minimum Gasteiger partial charge on any atom is -0.488 e. The normalized spacial score (nSPS) is 16.3. The molecule has 8 nitrogen and oxygen atoms in total. The lowest BCUT2D eigenvalue weighted by Gasteiger charge is -2.40. The molecule has 0 spiro atoms. The van der Waals surface area contributed by atoms with Crippen molar-refractivity contribution in [3.63, 3.8) is 0 Å². The van der Waals surface area contributed by atoms with Gasteiger partial charge < -0.3 is 14.6 Å². The van der Waals surface area contributed by atoms with Gasteiger partial charge in [0.15, 0.2) is 0 Å². The number of aliphatic hydroxyl groups excluding tert-OH is 1. The van der Waals surface area contributed by atoms with Gasteiger partial charge in [0, 0.05) is 60.5 Å². The second-order valence-electron chi connectivity index (χ2n) is 10.6. The number of H-pyrrole nitrogens is 1. The van der Waals surface area contributed by atoms with Crippen LogP contribution in [0.2, 0.25) is 0 Å². The number of ether oxygens (including phenoxy) is 2. The van der Waals surface area contributed by atoms with Gasteiger partial charge in [0.05, 0.1) is 18.4 Å². The number of nitrogens with zero attached hydrogens (tertiary/aromatic N) is 4. The van der Waals surface area contributed by atoms with Crippen molar-refractivity contribution in [3.8, 4) is 28.7 Å². The highest BCUT2D eigenvalue weighted by Crippen LogP contribution is 2.41. The van der Waals surface area contributed by atoms with Crippen LogP contribution in [0, 0.1) is 18.3 Å². The molecule has 0 bridgehead atoms. The maximum atomic E-state index is 9.79. The Bertz CT molecular complexity index is 1540. The largest absolute Gasteiger partial charge is 0.488 e. The molecule has 1 saturated heterocycles. The van der Waals surface area contributed by atoms with Crippen LogP contribution in [-0.4, -0.2) is 44.4 Å². The Morgan fingerprint density at radius 2 is 1.98 bits per heavy atom. The fourth-order valence-corrected chi connectivity index (χ4v) is 5.83. The van der Waals surface area contributed by atoms with Crippen LogP contribution >= 0.6 is 0 Å². The van der Waals surface area contributed by atoms with Crippen LogP contribution in [-0.2, 0) is 32.6 Å². The average molecular weight is 536 g/mol. The summed E-state index contributed by atoms with van der Waals surface area (Å²) < 4.78 is 13.0.